The van der Waals surface area contributed by atoms with Crippen molar-refractivity contribution < 1.29 is 41.8 Å². The van der Waals surface area contributed by atoms with Gasteiger partial charge in [0.15, 0.2) is 23.0 Å². The summed E-state index contributed by atoms with van der Waals surface area (Å²) in [5.74, 6) is -5.21. The predicted molar refractivity (Wildman–Crippen MR) is 135 cm³/mol. The van der Waals surface area contributed by atoms with Crippen molar-refractivity contribution in [2.24, 2.45) is 5.73 Å². The maximum atomic E-state index is 15.3. The summed E-state index contributed by atoms with van der Waals surface area (Å²) in [6, 6.07) is 6.42. The second-order valence-corrected chi connectivity index (χ2v) is 11.0. The van der Waals surface area contributed by atoms with Crippen LogP contribution >= 0.6 is 7.75 Å². The van der Waals surface area contributed by atoms with Crippen molar-refractivity contribution in [1.29, 1.82) is 0 Å². The lowest BCUT2D eigenvalue weighted by Gasteiger charge is -2.30. The summed E-state index contributed by atoms with van der Waals surface area (Å²) >= 11 is 0. The molecule has 18 heteroatoms. The van der Waals surface area contributed by atoms with Crippen LogP contribution < -0.4 is 26.6 Å². The minimum Gasteiger partial charge on any atom is -0.462 e. The zero-order valence-electron chi connectivity index (χ0n) is 21.5. The van der Waals surface area contributed by atoms with Crippen LogP contribution in [0.5, 0.6) is 5.75 Å². The number of carbonyl (C=O) groups excluding carboxylic acids is 1. The molecule has 218 valence electrons. The van der Waals surface area contributed by atoms with Crippen molar-refractivity contribution >= 4 is 30.8 Å². The molecule has 1 aliphatic heterocycles. The van der Waals surface area contributed by atoms with Crippen LogP contribution in [0.2, 0.25) is 0 Å². The van der Waals surface area contributed by atoms with Crippen LogP contribution in [-0.2, 0) is 23.4 Å². The molecule has 3 heterocycles. The fourth-order valence-corrected chi connectivity index (χ4v) is 5.33. The highest BCUT2D eigenvalue weighted by Gasteiger charge is 2.66. The highest BCUT2D eigenvalue weighted by molar-refractivity contribution is 7.52. The predicted octanol–water partition coefficient (Wildman–Crippen LogP) is 1.02. The van der Waals surface area contributed by atoms with Gasteiger partial charge in [0.1, 0.15) is 18.4 Å². The number of rotatable bonds is 10. The third-order valence-corrected chi connectivity index (χ3v) is 7.30. The Kier molecular flexibility index (Phi) is 7.99. The average Bonchev–Trinajstić information content (AvgIpc) is 3.36. The Balaban J connectivity index is 1.61. The number of aromatic nitrogens is 4. The molecule has 0 aliphatic carbocycles. The number of alkyl halides is 2. The smallest absolute Gasteiger partial charge is 0.459 e. The highest BCUT2D eigenvalue weighted by atomic mass is 31.2. The summed E-state index contributed by atoms with van der Waals surface area (Å²) in [5.41, 5.74) is 7.41. The van der Waals surface area contributed by atoms with Crippen LogP contribution in [0.25, 0.3) is 11.2 Å². The number of nitrogens with one attached hydrogen (secondary N) is 2. The number of hydrogen-bond acceptors (Lipinski definition) is 12. The average molecular weight is 587 g/mol. The zero-order chi connectivity index (χ0) is 29.5. The SMILES string of the molecule is CC(C)OC(=O)C(C)NP(=O)(OC[C@@]1(N)O[C@@H](n2cnc3c(=O)[nH]c(N)nc32)C(F)(F)[C@@H]1O)Oc1ccccc1. The Morgan fingerprint density at radius 3 is 2.65 bits per heavy atom. The van der Waals surface area contributed by atoms with Crippen LogP contribution in [0.1, 0.15) is 27.0 Å². The van der Waals surface area contributed by atoms with Crippen LogP contribution in [0, 0.1) is 0 Å². The molecule has 2 aromatic heterocycles. The van der Waals surface area contributed by atoms with Crippen molar-refractivity contribution in [3.05, 3.63) is 47.0 Å². The topological polar surface area (TPSA) is 219 Å². The minimum absolute atomic E-state index is 0.0451. The molecule has 0 spiro atoms. The molecule has 15 nitrogen and oxygen atoms in total. The summed E-state index contributed by atoms with van der Waals surface area (Å²) < 4.78 is 66.2. The molecule has 40 heavy (non-hydrogen) atoms. The molecule has 5 atom stereocenters. The molecule has 0 saturated carbocycles. The lowest BCUT2D eigenvalue weighted by atomic mass is 10.1. The monoisotopic (exact) mass is 587 g/mol. The van der Waals surface area contributed by atoms with E-state index in [4.69, 9.17) is 30.0 Å². The lowest BCUT2D eigenvalue weighted by molar-refractivity contribution is -0.149. The molecule has 0 bridgehead atoms. The number of carbonyl (C=O) groups is 1. The first-order valence-electron chi connectivity index (χ1n) is 11.9. The maximum absolute atomic E-state index is 15.3. The van der Waals surface area contributed by atoms with E-state index in [0.29, 0.717) is 4.57 Å². The number of halogens is 2. The lowest BCUT2D eigenvalue weighted by Crippen LogP contribution is -2.56. The van der Waals surface area contributed by atoms with Crippen LogP contribution in [0.4, 0.5) is 14.7 Å². The molecule has 1 fully saturated rings. The van der Waals surface area contributed by atoms with Gasteiger partial charge in [-0.1, -0.05) is 18.2 Å². The number of nitrogens with two attached hydrogens (primary N) is 2. The number of aliphatic hydroxyl groups excluding tert-OH is 1. The fraction of sp³-hybridized carbons (Fsp3) is 0.455. The first-order valence-corrected chi connectivity index (χ1v) is 13.4. The van der Waals surface area contributed by atoms with E-state index < -0.39 is 62.0 Å². The largest absolute Gasteiger partial charge is 0.462 e. The first-order chi connectivity index (χ1) is 18.6. The number of ether oxygens (including phenoxy) is 2. The summed E-state index contributed by atoms with van der Waals surface area (Å²) in [5, 5.41) is 12.9. The number of imidazole rings is 1. The van der Waals surface area contributed by atoms with E-state index in [1.165, 1.54) is 19.1 Å². The molecular weight excluding hydrogens is 559 g/mol. The van der Waals surface area contributed by atoms with E-state index in [1.807, 2.05) is 0 Å². The fourth-order valence-electron chi connectivity index (χ4n) is 3.80. The number of anilines is 1. The third-order valence-electron chi connectivity index (χ3n) is 5.68. The van der Waals surface area contributed by atoms with Gasteiger partial charge in [-0.2, -0.15) is 18.9 Å². The number of fused-ring (bicyclic) bond motifs is 1. The van der Waals surface area contributed by atoms with Gasteiger partial charge in [0.2, 0.25) is 12.2 Å². The van der Waals surface area contributed by atoms with Gasteiger partial charge < -0.3 is 24.8 Å². The molecule has 2 unspecified atom stereocenters. The zero-order valence-corrected chi connectivity index (χ0v) is 22.4. The normalized spacial score (nSPS) is 24.6. The first kappa shape index (κ1) is 29.5. The quantitative estimate of drug-likeness (QED) is 0.165. The van der Waals surface area contributed by atoms with Gasteiger partial charge in [0.05, 0.1) is 12.4 Å². The van der Waals surface area contributed by atoms with E-state index in [9.17, 15) is 19.3 Å². The van der Waals surface area contributed by atoms with E-state index in [2.05, 4.69) is 20.0 Å². The molecule has 1 saturated heterocycles. The van der Waals surface area contributed by atoms with Crippen LogP contribution in [-0.4, -0.2) is 67.1 Å². The van der Waals surface area contributed by atoms with Gasteiger partial charge in [0, 0.05) is 0 Å². The standard InChI is InChI=1S/C22H28F2N7O8P/c1-11(2)37-17(33)12(3)30-40(35,39-13-7-5-4-6-8-13)36-9-21(26)18(34)22(23,24)19(38-21)31-10-27-14-15(31)28-20(25)29-16(14)32/h4-8,10-12,18-19,34H,9,26H2,1-3H3,(H,30,35)(H3,25,28,29,32)/t12?,18-,19-,21-,40?/m1/s1. The molecule has 0 radical (unpaired) electrons. The van der Waals surface area contributed by atoms with Gasteiger partial charge in [0.25, 0.3) is 5.56 Å². The number of para-hydroxylation sites is 1. The van der Waals surface area contributed by atoms with E-state index in [1.54, 1.807) is 32.0 Å². The summed E-state index contributed by atoms with van der Waals surface area (Å²) in [6.07, 6.45) is -4.68. The minimum atomic E-state index is -4.55. The summed E-state index contributed by atoms with van der Waals surface area (Å²) in [7, 11) is -4.55. The van der Waals surface area contributed by atoms with Crippen LogP contribution in [0.15, 0.2) is 41.5 Å². The van der Waals surface area contributed by atoms with Gasteiger partial charge in [-0.15, -0.1) is 0 Å². The van der Waals surface area contributed by atoms with Crippen LogP contribution in [0.3, 0.4) is 0 Å². The van der Waals surface area contributed by atoms with Crippen molar-refractivity contribution in [1.82, 2.24) is 24.6 Å². The van der Waals surface area contributed by atoms with Gasteiger partial charge in [-0.25, -0.2) is 9.55 Å². The Labute approximate surface area is 225 Å². The molecule has 0 amide bonds. The Bertz CT molecular complexity index is 1490. The number of esters is 1. The Morgan fingerprint density at radius 2 is 2.00 bits per heavy atom. The van der Waals surface area contributed by atoms with E-state index in [0.717, 1.165) is 6.33 Å². The molecule has 1 aromatic carbocycles. The number of nitrogens with zero attached hydrogens (tertiary/aromatic N) is 3. The molecule has 4 rings (SSSR count). The molecule has 3 aromatic rings. The number of H-pyrrole nitrogens is 1. The van der Waals surface area contributed by atoms with Gasteiger partial charge >= 0.3 is 19.6 Å². The van der Waals surface area contributed by atoms with Crippen molar-refractivity contribution in [3.63, 3.8) is 0 Å². The number of aliphatic hydroxyl groups is 1. The highest BCUT2D eigenvalue weighted by Crippen LogP contribution is 2.50. The van der Waals surface area contributed by atoms with Gasteiger partial charge in [-0.3, -0.25) is 29.4 Å². The Morgan fingerprint density at radius 1 is 1.32 bits per heavy atom. The van der Waals surface area contributed by atoms with Crippen molar-refractivity contribution in [2.45, 2.75) is 56.9 Å². The molecule has 1 aliphatic rings. The third kappa shape index (κ3) is 5.84. The maximum Gasteiger partial charge on any atom is 0.459 e. The second-order valence-electron chi connectivity index (χ2n) is 9.29. The van der Waals surface area contributed by atoms with Crippen molar-refractivity contribution in [2.75, 3.05) is 12.3 Å². The van der Waals surface area contributed by atoms with Gasteiger partial charge in [-0.05, 0) is 32.9 Å². The second kappa shape index (κ2) is 10.8. The number of nitrogen functional groups attached to an aromatic ring is 1. The number of aromatic amines is 1. The van der Waals surface area contributed by atoms with E-state index in [-0.39, 0.29) is 22.9 Å². The summed E-state index contributed by atoms with van der Waals surface area (Å²) in [4.78, 5) is 34.2. The summed E-state index contributed by atoms with van der Waals surface area (Å²) in [6.45, 7) is 3.44. The number of hydrogen-bond donors (Lipinski definition) is 5. The molecule has 7 N–H and O–H groups in total. The molecular formula is C22H28F2N7O8P. The Hall–Kier alpha value is -3.47. The number of benzene rings is 1. The van der Waals surface area contributed by atoms with E-state index >= 15 is 8.78 Å². The van der Waals surface area contributed by atoms with Crippen molar-refractivity contribution in [3.8, 4) is 5.75 Å².